The van der Waals surface area contributed by atoms with Crippen LogP contribution in [0.15, 0.2) is 60.7 Å². The van der Waals surface area contributed by atoms with E-state index in [1.807, 2.05) is 60.7 Å². The topological polar surface area (TPSA) is 93.1 Å². The Hall–Kier alpha value is -3.19. The maximum atomic E-state index is 13.1. The van der Waals surface area contributed by atoms with Gasteiger partial charge in [-0.3, -0.25) is 9.59 Å². The summed E-state index contributed by atoms with van der Waals surface area (Å²) in [5.41, 5.74) is 2.02. The number of rotatable bonds is 11. The lowest BCUT2D eigenvalue weighted by Crippen LogP contribution is -2.44. The van der Waals surface area contributed by atoms with E-state index in [1.165, 1.54) is 0 Å². The smallest absolute Gasteiger partial charge is 0.416 e. The molecule has 1 N–H and O–H groups in total. The normalized spacial score (nSPS) is 16.7. The summed E-state index contributed by atoms with van der Waals surface area (Å²) in [6, 6.07) is 18.8. The zero-order valence-corrected chi connectivity index (χ0v) is 17.3. The van der Waals surface area contributed by atoms with Gasteiger partial charge in [0.25, 0.3) is 0 Å². The molecule has 0 bridgehead atoms. The van der Waals surface area contributed by atoms with Gasteiger partial charge in [0.2, 0.25) is 5.91 Å². The molecule has 1 heterocycles. The van der Waals surface area contributed by atoms with Gasteiger partial charge >= 0.3 is 12.1 Å². The summed E-state index contributed by atoms with van der Waals surface area (Å²) < 4.78 is 10.8. The van der Waals surface area contributed by atoms with Gasteiger partial charge in [-0.1, -0.05) is 60.7 Å². The minimum absolute atomic E-state index is 0.111. The SMILES string of the molecule is O=C(O)C[C@H](CCCOCc1ccccc1)C(=O)N1C(=O)OC[C@H]1Cc1ccccc1. The molecular weight excluding hydrogens is 398 g/mol. The number of hydrogen-bond donors (Lipinski definition) is 1. The first-order chi connectivity index (χ1) is 15.0. The second-order valence-corrected chi connectivity index (χ2v) is 7.60. The van der Waals surface area contributed by atoms with Crippen LogP contribution < -0.4 is 0 Å². The summed E-state index contributed by atoms with van der Waals surface area (Å²) in [6.45, 7) is 0.964. The second-order valence-electron chi connectivity index (χ2n) is 7.60. The largest absolute Gasteiger partial charge is 0.481 e. The lowest BCUT2D eigenvalue weighted by molar-refractivity contribution is -0.144. The van der Waals surface area contributed by atoms with Crippen LogP contribution in [0.25, 0.3) is 0 Å². The molecule has 2 aromatic rings. The Morgan fingerprint density at radius 2 is 1.71 bits per heavy atom. The number of imide groups is 1. The van der Waals surface area contributed by atoms with Crippen LogP contribution >= 0.6 is 0 Å². The maximum absolute atomic E-state index is 13.1. The third-order valence-electron chi connectivity index (χ3n) is 5.24. The zero-order valence-electron chi connectivity index (χ0n) is 17.3. The molecule has 7 heteroatoms. The molecule has 1 saturated heterocycles. The molecule has 0 aliphatic carbocycles. The molecule has 0 radical (unpaired) electrons. The van der Waals surface area contributed by atoms with Crippen molar-refractivity contribution in [2.75, 3.05) is 13.2 Å². The van der Waals surface area contributed by atoms with E-state index in [2.05, 4.69) is 0 Å². The Labute approximate surface area is 181 Å². The van der Waals surface area contributed by atoms with E-state index < -0.39 is 29.9 Å². The molecule has 1 aliphatic heterocycles. The van der Waals surface area contributed by atoms with Crippen LogP contribution in [0.4, 0.5) is 4.79 Å². The molecule has 0 spiro atoms. The molecule has 2 aromatic carbocycles. The van der Waals surface area contributed by atoms with Crippen molar-refractivity contribution in [2.45, 2.75) is 38.3 Å². The van der Waals surface area contributed by atoms with Crippen LogP contribution in [0, 0.1) is 5.92 Å². The fourth-order valence-electron chi connectivity index (χ4n) is 3.68. The summed E-state index contributed by atoms with van der Waals surface area (Å²) in [4.78, 5) is 37.8. The summed E-state index contributed by atoms with van der Waals surface area (Å²) in [6.07, 6.45) is 0.268. The Morgan fingerprint density at radius 3 is 2.35 bits per heavy atom. The molecular formula is C24H27NO6. The van der Waals surface area contributed by atoms with E-state index in [1.54, 1.807) is 0 Å². The van der Waals surface area contributed by atoms with Gasteiger partial charge in [-0.2, -0.15) is 0 Å². The lowest BCUT2D eigenvalue weighted by atomic mass is 9.96. The summed E-state index contributed by atoms with van der Waals surface area (Å²) in [5.74, 6) is -2.37. The minimum Gasteiger partial charge on any atom is -0.481 e. The highest BCUT2D eigenvalue weighted by Crippen LogP contribution is 2.23. The highest BCUT2D eigenvalue weighted by atomic mass is 16.6. The number of carboxylic acids is 1. The Morgan fingerprint density at radius 1 is 1.06 bits per heavy atom. The van der Waals surface area contributed by atoms with Crippen LogP contribution in [0.1, 0.15) is 30.4 Å². The number of aliphatic carboxylic acids is 1. The monoisotopic (exact) mass is 425 g/mol. The number of carbonyl (C=O) groups excluding carboxylic acids is 2. The van der Waals surface area contributed by atoms with Gasteiger partial charge in [0.15, 0.2) is 0 Å². The van der Waals surface area contributed by atoms with Crippen LogP contribution in [-0.2, 0) is 32.1 Å². The van der Waals surface area contributed by atoms with E-state index >= 15 is 0 Å². The number of amides is 2. The van der Waals surface area contributed by atoms with Gasteiger partial charge in [-0.25, -0.2) is 9.69 Å². The van der Waals surface area contributed by atoms with Gasteiger partial charge in [0, 0.05) is 12.5 Å². The van der Waals surface area contributed by atoms with Crippen LogP contribution in [0.3, 0.4) is 0 Å². The van der Waals surface area contributed by atoms with Crippen molar-refractivity contribution in [2.24, 2.45) is 5.92 Å². The predicted molar refractivity (Wildman–Crippen MR) is 113 cm³/mol. The molecule has 1 fully saturated rings. The number of carboxylic acid groups (broad SMARTS) is 1. The van der Waals surface area contributed by atoms with E-state index in [9.17, 15) is 19.5 Å². The molecule has 1 aliphatic rings. The van der Waals surface area contributed by atoms with Crippen molar-refractivity contribution in [1.29, 1.82) is 0 Å². The van der Waals surface area contributed by atoms with E-state index in [-0.39, 0.29) is 13.0 Å². The van der Waals surface area contributed by atoms with Gasteiger partial charge in [0.05, 0.1) is 19.1 Å². The van der Waals surface area contributed by atoms with Crippen molar-refractivity contribution in [3.63, 3.8) is 0 Å². The van der Waals surface area contributed by atoms with E-state index in [0.717, 1.165) is 16.0 Å². The lowest BCUT2D eigenvalue weighted by Gasteiger charge is -2.24. The number of nitrogens with zero attached hydrogens (tertiary/aromatic N) is 1. The molecule has 164 valence electrons. The Kier molecular flexibility index (Phi) is 8.18. The standard InChI is InChI=1S/C24H27NO6/c26-22(27)15-20(12-7-13-30-16-19-10-5-2-6-11-19)23(28)25-21(17-31-24(25)29)14-18-8-3-1-4-9-18/h1-6,8-11,20-21H,7,12-17H2,(H,26,27)/t20-,21+/m0/s1. The first kappa shape index (κ1) is 22.5. The molecule has 2 atom stereocenters. The Bertz CT molecular complexity index is 870. The average molecular weight is 425 g/mol. The average Bonchev–Trinajstić information content (AvgIpc) is 3.13. The Balaban J connectivity index is 1.56. The van der Waals surface area contributed by atoms with Crippen molar-refractivity contribution >= 4 is 18.0 Å². The molecule has 3 rings (SSSR count). The van der Waals surface area contributed by atoms with Crippen molar-refractivity contribution in [1.82, 2.24) is 4.90 Å². The van der Waals surface area contributed by atoms with Crippen LogP contribution in [0.2, 0.25) is 0 Å². The molecule has 31 heavy (non-hydrogen) atoms. The molecule has 0 saturated carbocycles. The second kappa shape index (κ2) is 11.3. The molecule has 7 nitrogen and oxygen atoms in total. The van der Waals surface area contributed by atoms with E-state index in [0.29, 0.717) is 32.5 Å². The number of cyclic esters (lactones) is 1. The van der Waals surface area contributed by atoms with Gasteiger partial charge in [0.1, 0.15) is 6.61 Å². The molecule has 2 amide bonds. The first-order valence-corrected chi connectivity index (χ1v) is 10.4. The highest BCUT2D eigenvalue weighted by molar-refractivity contribution is 5.96. The number of benzene rings is 2. The first-order valence-electron chi connectivity index (χ1n) is 10.4. The minimum atomic E-state index is -1.07. The fourth-order valence-corrected chi connectivity index (χ4v) is 3.68. The van der Waals surface area contributed by atoms with Crippen LogP contribution in [0.5, 0.6) is 0 Å². The number of carbonyl (C=O) groups is 3. The van der Waals surface area contributed by atoms with Gasteiger partial charge in [-0.05, 0) is 30.4 Å². The number of ether oxygens (including phenoxy) is 2. The highest BCUT2D eigenvalue weighted by Gasteiger charge is 2.41. The van der Waals surface area contributed by atoms with Crippen LogP contribution in [-0.4, -0.2) is 47.2 Å². The summed E-state index contributed by atoms with van der Waals surface area (Å²) >= 11 is 0. The zero-order chi connectivity index (χ0) is 22.1. The van der Waals surface area contributed by atoms with Gasteiger partial charge in [-0.15, -0.1) is 0 Å². The van der Waals surface area contributed by atoms with Crippen molar-refractivity contribution < 1.29 is 29.0 Å². The van der Waals surface area contributed by atoms with E-state index in [4.69, 9.17) is 9.47 Å². The maximum Gasteiger partial charge on any atom is 0.416 e. The summed E-state index contributed by atoms with van der Waals surface area (Å²) in [5, 5.41) is 9.28. The third-order valence-corrected chi connectivity index (χ3v) is 5.24. The molecule has 0 unspecified atom stereocenters. The number of hydrogen-bond acceptors (Lipinski definition) is 5. The predicted octanol–water partition coefficient (Wildman–Crippen LogP) is 3.66. The van der Waals surface area contributed by atoms with Gasteiger partial charge < -0.3 is 14.6 Å². The molecule has 0 aromatic heterocycles. The fraction of sp³-hybridized carbons (Fsp3) is 0.375. The van der Waals surface area contributed by atoms with Crippen molar-refractivity contribution in [3.8, 4) is 0 Å². The van der Waals surface area contributed by atoms with Crippen molar-refractivity contribution in [3.05, 3.63) is 71.8 Å². The quantitative estimate of drug-likeness (QED) is 0.552. The third kappa shape index (κ3) is 6.65. The summed E-state index contributed by atoms with van der Waals surface area (Å²) in [7, 11) is 0.